The Bertz CT molecular complexity index is 790. The summed E-state index contributed by atoms with van der Waals surface area (Å²) in [5.41, 5.74) is 1.66. The number of aromatic nitrogens is 3. The number of rotatable bonds is 5. The highest BCUT2D eigenvalue weighted by Crippen LogP contribution is 2.23. The lowest BCUT2D eigenvalue weighted by molar-refractivity contribution is 0.272. The molecule has 1 N–H and O–H groups in total. The molecular formula is C16H16N4O3. The lowest BCUT2D eigenvalue weighted by Gasteiger charge is -2.23. The first-order valence-corrected chi connectivity index (χ1v) is 7.46. The van der Waals surface area contributed by atoms with Gasteiger partial charge in [-0.05, 0) is 37.2 Å². The van der Waals surface area contributed by atoms with Crippen LogP contribution in [-0.2, 0) is 6.42 Å². The minimum absolute atomic E-state index is 0.198. The van der Waals surface area contributed by atoms with Crippen LogP contribution >= 0.6 is 0 Å². The Balaban J connectivity index is 1.47. The first kappa shape index (κ1) is 14.0. The second-order valence-electron chi connectivity index (χ2n) is 5.39. The van der Waals surface area contributed by atoms with Crippen LogP contribution in [0.5, 0.6) is 5.75 Å². The van der Waals surface area contributed by atoms with Crippen molar-refractivity contribution >= 4 is 0 Å². The van der Waals surface area contributed by atoms with E-state index in [1.165, 1.54) is 0 Å². The summed E-state index contributed by atoms with van der Waals surface area (Å²) in [4.78, 5) is 8.87. The van der Waals surface area contributed by atoms with Gasteiger partial charge in [-0.1, -0.05) is 5.16 Å². The quantitative estimate of drug-likeness (QED) is 0.774. The largest absolute Gasteiger partial charge is 0.497 e. The molecule has 0 unspecified atom stereocenters. The summed E-state index contributed by atoms with van der Waals surface area (Å²) in [6.07, 6.45) is 3.14. The zero-order valence-electron chi connectivity index (χ0n) is 12.7. The van der Waals surface area contributed by atoms with Crippen LogP contribution in [0.4, 0.5) is 0 Å². The number of oxazole rings is 1. The smallest absolute Gasteiger partial charge is 0.243 e. The third-order valence-corrected chi connectivity index (χ3v) is 3.83. The molecule has 3 heterocycles. The van der Waals surface area contributed by atoms with Crippen LogP contribution in [-0.4, -0.2) is 28.8 Å². The Morgan fingerprint density at radius 2 is 2.09 bits per heavy atom. The molecule has 0 bridgehead atoms. The van der Waals surface area contributed by atoms with E-state index in [0.29, 0.717) is 24.0 Å². The van der Waals surface area contributed by atoms with Crippen LogP contribution in [0.2, 0.25) is 0 Å². The summed E-state index contributed by atoms with van der Waals surface area (Å²) >= 11 is 0. The fraction of sp³-hybridized carbons (Fsp3) is 0.312. The Morgan fingerprint density at radius 1 is 1.26 bits per heavy atom. The van der Waals surface area contributed by atoms with Crippen molar-refractivity contribution in [1.29, 1.82) is 0 Å². The standard InChI is InChI=1S/C16H16N4O3/c1-21-12-4-2-10(3-5-12)15-18-11(9-22-15)8-14-19-16(23-20-14)13-6-7-17-13/h2-5,9,13,17H,6-8H2,1H3/t13-/m1/s1. The lowest BCUT2D eigenvalue weighted by atomic mass is 10.1. The molecule has 118 valence electrons. The molecule has 2 aromatic heterocycles. The second-order valence-corrected chi connectivity index (χ2v) is 5.39. The molecule has 1 aliphatic rings. The Kier molecular flexibility index (Phi) is 3.55. The van der Waals surface area contributed by atoms with E-state index in [-0.39, 0.29) is 6.04 Å². The van der Waals surface area contributed by atoms with E-state index in [0.717, 1.165) is 30.0 Å². The van der Waals surface area contributed by atoms with Crippen molar-refractivity contribution in [2.24, 2.45) is 0 Å². The van der Waals surface area contributed by atoms with Gasteiger partial charge < -0.3 is 19.0 Å². The molecule has 1 fully saturated rings. The van der Waals surface area contributed by atoms with Crippen LogP contribution in [0.1, 0.15) is 29.9 Å². The molecule has 4 rings (SSSR count). The lowest BCUT2D eigenvalue weighted by Crippen LogP contribution is -2.35. The average molecular weight is 312 g/mol. The van der Waals surface area contributed by atoms with Crippen molar-refractivity contribution in [3.8, 4) is 17.2 Å². The van der Waals surface area contributed by atoms with Crippen molar-refractivity contribution < 1.29 is 13.7 Å². The van der Waals surface area contributed by atoms with Crippen LogP contribution < -0.4 is 10.1 Å². The number of methoxy groups -OCH3 is 1. The molecule has 1 aliphatic heterocycles. The predicted molar refractivity (Wildman–Crippen MR) is 81.0 cm³/mol. The minimum atomic E-state index is 0.198. The van der Waals surface area contributed by atoms with E-state index < -0.39 is 0 Å². The highest BCUT2D eigenvalue weighted by molar-refractivity contribution is 5.54. The third-order valence-electron chi connectivity index (χ3n) is 3.83. The van der Waals surface area contributed by atoms with Gasteiger partial charge in [0.1, 0.15) is 12.0 Å². The molecule has 0 radical (unpaired) electrons. The van der Waals surface area contributed by atoms with Gasteiger partial charge >= 0.3 is 0 Å². The fourth-order valence-corrected chi connectivity index (χ4v) is 2.40. The zero-order chi connectivity index (χ0) is 15.6. The monoisotopic (exact) mass is 312 g/mol. The van der Waals surface area contributed by atoms with Crippen molar-refractivity contribution in [3.63, 3.8) is 0 Å². The van der Waals surface area contributed by atoms with Gasteiger partial charge in [0.25, 0.3) is 0 Å². The van der Waals surface area contributed by atoms with E-state index >= 15 is 0 Å². The maximum atomic E-state index is 5.53. The van der Waals surface area contributed by atoms with Crippen molar-refractivity contribution in [1.82, 2.24) is 20.4 Å². The molecule has 7 heteroatoms. The molecule has 1 aromatic carbocycles. The van der Waals surface area contributed by atoms with Gasteiger partial charge in [0, 0.05) is 5.56 Å². The Labute approximate surface area is 132 Å². The average Bonchev–Trinajstić information content (AvgIpc) is 3.16. The summed E-state index contributed by atoms with van der Waals surface area (Å²) in [6.45, 7) is 0.997. The molecule has 1 atom stereocenters. The number of nitrogens with one attached hydrogen (secondary N) is 1. The molecule has 1 saturated heterocycles. The number of hydrogen-bond donors (Lipinski definition) is 1. The summed E-state index contributed by atoms with van der Waals surface area (Å²) in [6, 6.07) is 7.75. The number of nitrogens with zero attached hydrogens (tertiary/aromatic N) is 3. The van der Waals surface area contributed by atoms with Gasteiger partial charge in [0.2, 0.25) is 11.8 Å². The first-order chi connectivity index (χ1) is 11.3. The maximum absolute atomic E-state index is 5.53. The van der Waals surface area contributed by atoms with Gasteiger partial charge in [0.15, 0.2) is 5.82 Å². The van der Waals surface area contributed by atoms with E-state index in [1.807, 2.05) is 24.3 Å². The van der Waals surface area contributed by atoms with Gasteiger partial charge in [-0.2, -0.15) is 4.98 Å². The molecule has 3 aromatic rings. The van der Waals surface area contributed by atoms with Gasteiger partial charge in [-0.3, -0.25) is 0 Å². The normalized spacial score (nSPS) is 17.0. The molecule has 0 spiro atoms. The summed E-state index contributed by atoms with van der Waals surface area (Å²) < 4.78 is 15.9. The van der Waals surface area contributed by atoms with E-state index in [9.17, 15) is 0 Å². The van der Waals surface area contributed by atoms with Crippen molar-refractivity contribution in [3.05, 3.63) is 47.9 Å². The second kappa shape index (κ2) is 5.85. The minimum Gasteiger partial charge on any atom is -0.497 e. The van der Waals surface area contributed by atoms with Gasteiger partial charge in [-0.15, -0.1) is 0 Å². The molecule has 0 amide bonds. The number of hydrogen-bond acceptors (Lipinski definition) is 7. The highest BCUT2D eigenvalue weighted by Gasteiger charge is 2.24. The molecule has 7 nitrogen and oxygen atoms in total. The molecular weight excluding hydrogens is 296 g/mol. The highest BCUT2D eigenvalue weighted by atomic mass is 16.5. The van der Waals surface area contributed by atoms with Crippen molar-refractivity contribution in [2.45, 2.75) is 18.9 Å². The summed E-state index contributed by atoms with van der Waals surface area (Å²) in [7, 11) is 1.64. The molecule has 0 saturated carbocycles. The Morgan fingerprint density at radius 3 is 2.78 bits per heavy atom. The van der Waals surface area contributed by atoms with Crippen molar-refractivity contribution in [2.75, 3.05) is 13.7 Å². The maximum Gasteiger partial charge on any atom is 0.243 e. The third kappa shape index (κ3) is 2.83. The summed E-state index contributed by atoms with van der Waals surface area (Å²) in [5, 5.41) is 7.23. The van der Waals surface area contributed by atoms with E-state index in [4.69, 9.17) is 13.7 Å². The number of ether oxygens (including phenoxy) is 1. The van der Waals surface area contributed by atoms with Crippen LogP contribution in [0.15, 0.2) is 39.5 Å². The number of benzene rings is 1. The van der Waals surface area contributed by atoms with Crippen LogP contribution in [0.3, 0.4) is 0 Å². The van der Waals surface area contributed by atoms with E-state index in [1.54, 1.807) is 13.4 Å². The van der Waals surface area contributed by atoms with Crippen LogP contribution in [0.25, 0.3) is 11.5 Å². The zero-order valence-corrected chi connectivity index (χ0v) is 12.7. The van der Waals surface area contributed by atoms with Gasteiger partial charge in [-0.25, -0.2) is 4.98 Å². The SMILES string of the molecule is COc1ccc(-c2nc(Cc3noc([C@H]4CCN4)n3)co2)cc1. The van der Waals surface area contributed by atoms with Gasteiger partial charge in [0.05, 0.1) is 25.3 Å². The Hall–Kier alpha value is -2.67. The molecule has 0 aliphatic carbocycles. The predicted octanol–water partition coefficient (Wildman–Crippen LogP) is 2.36. The fourth-order valence-electron chi connectivity index (χ4n) is 2.40. The topological polar surface area (TPSA) is 86.2 Å². The molecule has 23 heavy (non-hydrogen) atoms. The first-order valence-electron chi connectivity index (χ1n) is 7.46. The summed E-state index contributed by atoms with van der Waals surface area (Å²) in [5.74, 6) is 2.62. The van der Waals surface area contributed by atoms with E-state index in [2.05, 4.69) is 20.4 Å². The van der Waals surface area contributed by atoms with Crippen LogP contribution in [0, 0.1) is 0 Å².